The molecule has 0 fully saturated rings. The van der Waals surface area contributed by atoms with Gasteiger partial charge in [0.05, 0.1) is 22.2 Å². The number of hydrogen-bond donors (Lipinski definition) is 4. The van der Waals surface area contributed by atoms with Crippen molar-refractivity contribution in [3.63, 3.8) is 0 Å². The van der Waals surface area contributed by atoms with Crippen molar-refractivity contribution in [2.24, 2.45) is 0 Å². The van der Waals surface area contributed by atoms with E-state index in [1.807, 2.05) is 0 Å². The molecular weight excluding hydrogens is 1190 g/mol. The van der Waals surface area contributed by atoms with Gasteiger partial charge in [-0.25, -0.2) is 0 Å². The molecule has 0 aliphatic heterocycles. The molecule has 0 saturated heterocycles. The van der Waals surface area contributed by atoms with Gasteiger partial charge >= 0.3 is 0 Å². The zero-order valence-electron chi connectivity index (χ0n) is 55.9. The lowest BCUT2D eigenvalue weighted by molar-refractivity contribution is 0.247. The van der Waals surface area contributed by atoms with Gasteiger partial charge in [0.25, 0.3) is 0 Å². The number of nitrogens with one attached hydrogen (secondary N) is 4. The highest BCUT2D eigenvalue weighted by molar-refractivity contribution is 5.54. The van der Waals surface area contributed by atoms with Crippen LogP contribution in [0.3, 0.4) is 0 Å². The van der Waals surface area contributed by atoms with Crippen molar-refractivity contribution in [2.45, 2.75) is 35.2 Å². The molecule has 0 radical (unpaired) electrons. The van der Waals surface area contributed by atoms with E-state index in [1.54, 1.807) is 0 Å². The Labute approximate surface area is 581 Å². The van der Waals surface area contributed by atoms with Gasteiger partial charge < -0.3 is 0 Å². The fraction of sp³-hybridized carbons (Fsp3) is 0.152. The van der Waals surface area contributed by atoms with Crippen LogP contribution in [-0.4, -0.2) is 62.2 Å². The van der Waals surface area contributed by atoms with Crippen molar-refractivity contribution in [3.05, 3.63) is 466 Å². The molecule has 0 aliphatic rings. The van der Waals surface area contributed by atoms with E-state index in [1.165, 1.54) is 77.9 Å². The Morgan fingerprint density at radius 3 is 0.408 bits per heavy atom. The Balaban J connectivity index is 0.823. The standard InChI is InChI=1S/C92H88N6/c1-13-37-77(38-14-1)89(78-39-15-2-16-40-78,79-41-17-3-18-42-79)93-65-69-97(70-66-94-90(80-43-19-4-20-44-80,81-45-21-5-22-46-81)82-47-23-6-24-48-82)73-75-61-63-76(64-62-75)74-98(71-67-95-91(83-49-25-7-26-50-83,84-51-27-8-28-52-84)85-53-29-9-30-54-85)72-68-96-92(86-55-31-10-32-56-86,87-57-33-11-34-58-87)88-59-35-12-36-60-88/h1-64,93-96H,65-74H2. The van der Waals surface area contributed by atoms with E-state index in [-0.39, 0.29) is 0 Å². The zero-order chi connectivity index (χ0) is 66.4. The Kier molecular flexibility index (Phi) is 22.0. The lowest BCUT2D eigenvalue weighted by Gasteiger charge is -2.39. The molecule has 0 aromatic heterocycles. The molecule has 0 heterocycles. The summed E-state index contributed by atoms with van der Waals surface area (Å²) in [4.78, 5) is 5.26. The van der Waals surface area contributed by atoms with Crippen LogP contribution in [0.4, 0.5) is 0 Å². The maximum absolute atomic E-state index is 4.24. The van der Waals surface area contributed by atoms with E-state index >= 15 is 0 Å². The minimum absolute atomic E-state index is 0.604. The van der Waals surface area contributed by atoms with E-state index in [4.69, 9.17) is 0 Å². The van der Waals surface area contributed by atoms with Gasteiger partial charge in [-0.15, -0.1) is 0 Å². The van der Waals surface area contributed by atoms with Crippen LogP contribution in [0.2, 0.25) is 0 Å². The normalized spacial score (nSPS) is 12.0. The maximum Gasteiger partial charge on any atom is 0.0948 e. The zero-order valence-corrected chi connectivity index (χ0v) is 55.9. The Morgan fingerprint density at radius 2 is 0.286 bits per heavy atom. The van der Waals surface area contributed by atoms with Crippen molar-refractivity contribution in [1.82, 2.24) is 31.1 Å². The van der Waals surface area contributed by atoms with Crippen LogP contribution in [0.25, 0.3) is 0 Å². The van der Waals surface area contributed by atoms with Crippen molar-refractivity contribution < 1.29 is 0 Å². The molecule has 6 heteroatoms. The molecular formula is C92H88N6. The predicted octanol–water partition coefficient (Wildman–Crippen LogP) is 17.6. The van der Waals surface area contributed by atoms with Crippen LogP contribution in [0.1, 0.15) is 77.9 Å². The summed E-state index contributed by atoms with van der Waals surface area (Å²) in [5.74, 6) is 0. The van der Waals surface area contributed by atoms with Crippen molar-refractivity contribution in [3.8, 4) is 0 Å². The van der Waals surface area contributed by atoms with Gasteiger partial charge in [0.2, 0.25) is 0 Å². The number of nitrogens with zero attached hydrogens (tertiary/aromatic N) is 2. The molecule has 13 rings (SSSR count). The first-order valence-electron chi connectivity index (χ1n) is 34.8. The molecule has 98 heavy (non-hydrogen) atoms. The van der Waals surface area contributed by atoms with Crippen LogP contribution in [0, 0.1) is 0 Å². The molecule has 13 aromatic carbocycles. The number of benzene rings is 13. The van der Waals surface area contributed by atoms with Crippen LogP contribution in [-0.2, 0) is 35.2 Å². The van der Waals surface area contributed by atoms with E-state index in [0.29, 0.717) is 0 Å². The second-order valence-electron chi connectivity index (χ2n) is 25.5. The van der Waals surface area contributed by atoms with Gasteiger partial charge in [0.15, 0.2) is 0 Å². The summed E-state index contributed by atoms with van der Waals surface area (Å²) in [6.07, 6.45) is 0. The summed E-state index contributed by atoms with van der Waals surface area (Å²) in [5, 5.41) is 17.0. The fourth-order valence-corrected chi connectivity index (χ4v) is 14.9. The molecule has 4 N–H and O–H groups in total. The summed E-state index contributed by atoms with van der Waals surface area (Å²) in [5.41, 5.74) is 14.5. The summed E-state index contributed by atoms with van der Waals surface area (Å²) in [6.45, 7) is 7.52. The van der Waals surface area contributed by atoms with Gasteiger partial charge in [-0.2, -0.15) is 0 Å². The maximum atomic E-state index is 4.24. The van der Waals surface area contributed by atoms with Crippen molar-refractivity contribution >= 4 is 0 Å². The van der Waals surface area contributed by atoms with Gasteiger partial charge in [-0.1, -0.05) is 388 Å². The summed E-state index contributed by atoms with van der Waals surface area (Å²) < 4.78 is 0. The smallest absolute Gasteiger partial charge is 0.0948 e. The summed E-state index contributed by atoms with van der Waals surface area (Å²) in [7, 11) is 0. The van der Waals surface area contributed by atoms with E-state index in [0.717, 1.165) is 65.4 Å². The van der Waals surface area contributed by atoms with Gasteiger partial charge in [-0.3, -0.25) is 31.1 Å². The minimum atomic E-state index is -0.604. The fourth-order valence-electron chi connectivity index (χ4n) is 14.9. The predicted molar refractivity (Wildman–Crippen MR) is 406 cm³/mol. The number of hydrogen-bond acceptors (Lipinski definition) is 6. The molecule has 6 nitrogen and oxygen atoms in total. The monoisotopic (exact) mass is 1280 g/mol. The lowest BCUT2D eigenvalue weighted by Crippen LogP contribution is -2.49. The first-order valence-corrected chi connectivity index (χ1v) is 34.8. The van der Waals surface area contributed by atoms with E-state index in [2.05, 4.69) is 419 Å². The Morgan fingerprint density at radius 1 is 0.163 bits per heavy atom. The average molecular weight is 1280 g/mol. The highest BCUT2D eigenvalue weighted by atomic mass is 15.2. The van der Waals surface area contributed by atoms with Crippen LogP contribution in [0.5, 0.6) is 0 Å². The van der Waals surface area contributed by atoms with Gasteiger partial charge in [0, 0.05) is 65.4 Å². The molecule has 0 saturated carbocycles. The minimum Gasteiger partial charge on any atom is -0.299 e. The second-order valence-corrected chi connectivity index (χ2v) is 25.5. The highest BCUT2D eigenvalue weighted by Crippen LogP contribution is 2.41. The third kappa shape index (κ3) is 14.8. The quantitative estimate of drug-likeness (QED) is 0.0315. The second kappa shape index (κ2) is 32.6. The first kappa shape index (κ1) is 66.2. The SMILES string of the molecule is c1ccc(C(NCCN(CCNC(c2ccccc2)(c2ccccc2)c2ccccc2)Cc2ccc(CN(CCNC(c3ccccc3)(c3ccccc3)c3ccccc3)CCNC(c3ccccc3)(c3ccccc3)c3ccccc3)cc2)(c2ccccc2)c2ccccc2)cc1. The molecule has 0 amide bonds. The van der Waals surface area contributed by atoms with Crippen molar-refractivity contribution in [1.29, 1.82) is 0 Å². The Bertz CT molecular complexity index is 3460. The third-order valence-electron chi connectivity index (χ3n) is 19.6. The average Bonchev–Trinajstić information content (AvgIpc) is 0.784. The number of rotatable bonds is 32. The molecule has 0 atom stereocenters. The lowest BCUT2D eigenvalue weighted by atomic mass is 9.77. The molecule has 13 aromatic rings. The Hall–Kier alpha value is -10.4. The molecule has 0 unspecified atom stereocenters. The van der Waals surface area contributed by atoms with Crippen molar-refractivity contribution in [2.75, 3.05) is 52.4 Å². The van der Waals surface area contributed by atoms with E-state index in [9.17, 15) is 0 Å². The highest BCUT2D eigenvalue weighted by Gasteiger charge is 2.40. The molecule has 0 aliphatic carbocycles. The largest absolute Gasteiger partial charge is 0.299 e. The summed E-state index contributed by atoms with van der Waals surface area (Å²) in [6, 6.07) is 141. The van der Waals surface area contributed by atoms with E-state index < -0.39 is 22.2 Å². The molecule has 0 spiro atoms. The van der Waals surface area contributed by atoms with Gasteiger partial charge in [0.1, 0.15) is 0 Å². The summed E-state index contributed by atoms with van der Waals surface area (Å²) >= 11 is 0. The van der Waals surface area contributed by atoms with Crippen LogP contribution >= 0.6 is 0 Å². The third-order valence-corrected chi connectivity index (χ3v) is 19.6. The molecule has 486 valence electrons. The van der Waals surface area contributed by atoms with Crippen LogP contribution < -0.4 is 21.3 Å². The van der Waals surface area contributed by atoms with Gasteiger partial charge in [-0.05, 0) is 77.9 Å². The van der Waals surface area contributed by atoms with Crippen LogP contribution in [0.15, 0.2) is 388 Å². The topological polar surface area (TPSA) is 54.6 Å². The first-order chi connectivity index (χ1) is 48.6. The molecule has 0 bridgehead atoms.